The largest absolute Gasteiger partial charge is 0.346 e. The molecule has 1 heterocycles. The number of hydrogen-bond donors (Lipinski definition) is 0. The minimum Gasteiger partial charge on any atom is -0.346 e. The summed E-state index contributed by atoms with van der Waals surface area (Å²) in [4.78, 5) is 10.9. The quantitative estimate of drug-likeness (QED) is 0.400. The second-order valence-corrected chi connectivity index (χ2v) is 7.17. The predicted octanol–water partition coefficient (Wildman–Crippen LogP) is 6.07. The molecule has 160 valence electrons. The van der Waals surface area contributed by atoms with Crippen LogP contribution in [0.5, 0.6) is 0 Å². The maximum Gasteiger partial charge on any atom is 0.141 e. The smallest absolute Gasteiger partial charge is 0.141 e. The van der Waals surface area contributed by atoms with Crippen LogP contribution in [0.15, 0.2) is 90.5 Å². The molecule has 0 unspecified atom stereocenters. The summed E-state index contributed by atoms with van der Waals surface area (Å²) in [5.74, 6) is -0.555. The first-order chi connectivity index (χ1) is 15.5. The van der Waals surface area contributed by atoms with Gasteiger partial charge >= 0.3 is 0 Å². The number of aryl methyl sites for hydroxylation is 1. The molecule has 32 heavy (non-hydrogen) atoms. The molecule has 0 fully saturated rings. The fraction of sp³-hybridized carbons (Fsp3) is 0.148. The monoisotopic (exact) mass is 424 g/mol. The molecule has 4 nitrogen and oxygen atoms in total. The number of fused-ring (bicyclic) bond motifs is 1. The van der Waals surface area contributed by atoms with Crippen LogP contribution in [0, 0.1) is 17.1 Å². The standard InChI is InChI=1S/C27H25FN4/c1-5-19(22-11-8-12-25(28)24(22)17-29)16-23-26(32(4)21(6-2)18-30-7-3)14-13-20-10-9-15-31-27(20)23/h5-12,15-16,18H,1-2,13-14H2,3-4H3/b19-16+,21-18+,30-7+. The van der Waals surface area contributed by atoms with Crippen molar-refractivity contribution in [3.05, 3.63) is 114 Å². The molecule has 0 bridgehead atoms. The van der Waals surface area contributed by atoms with Crippen LogP contribution in [0.3, 0.4) is 0 Å². The van der Waals surface area contributed by atoms with E-state index in [9.17, 15) is 9.65 Å². The van der Waals surface area contributed by atoms with E-state index in [-0.39, 0.29) is 5.56 Å². The first kappa shape index (κ1) is 22.6. The Morgan fingerprint density at radius 3 is 2.72 bits per heavy atom. The van der Waals surface area contributed by atoms with Crippen molar-refractivity contribution in [2.75, 3.05) is 7.05 Å². The zero-order chi connectivity index (χ0) is 23.1. The van der Waals surface area contributed by atoms with E-state index in [1.54, 1.807) is 42.9 Å². The molecule has 1 aromatic carbocycles. The van der Waals surface area contributed by atoms with Crippen molar-refractivity contribution >= 4 is 17.4 Å². The molecule has 2 aromatic rings. The Kier molecular flexibility index (Phi) is 7.30. The molecule has 0 spiro atoms. The number of likely N-dealkylation sites (N-methyl/N-ethyl adjacent to an activating group) is 1. The Bertz CT molecular complexity index is 1210. The Hall–Kier alpha value is -4.04. The Labute approximate surface area is 188 Å². The van der Waals surface area contributed by atoms with Crippen molar-refractivity contribution in [2.45, 2.75) is 19.8 Å². The Morgan fingerprint density at radius 1 is 1.22 bits per heavy atom. The molecule has 0 N–H and O–H groups in total. The molecule has 1 aliphatic rings. The maximum atomic E-state index is 14.3. The number of allylic oxidation sites excluding steroid dienone is 6. The predicted molar refractivity (Wildman–Crippen MR) is 129 cm³/mol. The number of aliphatic imine (C=N–C) groups is 1. The lowest BCUT2D eigenvalue weighted by atomic mass is 9.89. The third-order valence-electron chi connectivity index (χ3n) is 5.40. The summed E-state index contributed by atoms with van der Waals surface area (Å²) in [5, 5.41) is 9.52. The minimum atomic E-state index is -0.555. The number of rotatable bonds is 7. The zero-order valence-electron chi connectivity index (χ0n) is 18.3. The van der Waals surface area contributed by atoms with E-state index in [0.717, 1.165) is 41.1 Å². The topological polar surface area (TPSA) is 52.3 Å². The summed E-state index contributed by atoms with van der Waals surface area (Å²) in [5.41, 5.74) is 5.90. The highest BCUT2D eigenvalue weighted by Gasteiger charge is 2.23. The molecular formula is C27H25FN4. The Balaban J connectivity index is 2.27. The second kappa shape index (κ2) is 10.3. The number of halogens is 1. The van der Waals surface area contributed by atoms with Crippen LogP contribution in [-0.2, 0) is 6.42 Å². The van der Waals surface area contributed by atoms with Gasteiger partial charge in [0.2, 0.25) is 0 Å². The van der Waals surface area contributed by atoms with Gasteiger partial charge in [0.1, 0.15) is 11.9 Å². The molecular weight excluding hydrogens is 399 g/mol. The van der Waals surface area contributed by atoms with Gasteiger partial charge in [-0.3, -0.25) is 9.98 Å². The van der Waals surface area contributed by atoms with Gasteiger partial charge < -0.3 is 4.90 Å². The molecule has 1 aliphatic carbocycles. The van der Waals surface area contributed by atoms with Gasteiger partial charge in [-0.2, -0.15) is 5.26 Å². The fourth-order valence-electron chi connectivity index (χ4n) is 3.77. The van der Waals surface area contributed by atoms with E-state index >= 15 is 0 Å². The Morgan fingerprint density at radius 2 is 2.03 bits per heavy atom. The summed E-state index contributed by atoms with van der Waals surface area (Å²) < 4.78 is 14.3. The average Bonchev–Trinajstić information content (AvgIpc) is 2.82. The van der Waals surface area contributed by atoms with Crippen LogP contribution >= 0.6 is 0 Å². The number of hydrogen-bond acceptors (Lipinski definition) is 4. The lowest BCUT2D eigenvalue weighted by Gasteiger charge is -2.30. The number of nitrogens with zero attached hydrogens (tertiary/aromatic N) is 4. The van der Waals surface area contributed by atoms with E-state index in [2.05, 4.69) is 29.2 Å². The van der Waals surface area contributed by atoms with Crippen LogP contribution < -0.4 is 0 Å². The first-order valence-corrected chi connectivity index (χ1v) is 10.3. The van der Waals surface area contributed by atoms with Crippen LogP contribution in [-0.4, -0.2) is 23.1 Å². The van der Waals surface area contributed by atoms with Crippen molar-refractivity contribution < 1.29 is 4.39 Å². The van der Waals surface area contributed by atoms with Gasteiger partial charge in [0.15, 0.2) is 0 Å². The van der Waals surface area contributed by atoms with E-state index in [0.29, 0.717) is 11.1 Å². The number of benzene rings is 1. The van der Waals surface area contributed by atoms with Gasteiger partial charge in [-0.25, -0.2) is 4.39 Å². The van der Waals surface area contributed by atoms with Gasteiger partial charge in [-0.05, 0) is 55.2 Å². The van der Waals surface area contributed by atoms with Crippen molar-refractivity contribution in [3.63, 3.8) is 0 Å². The SMILES string of the molecule is C=C/C(=C\C1=C(N(C)/C(C=C)=C/N=C/C)CCc2cccnc21)c1cccc(F)c1C#N. The lowest BCUT2D eigenvalue weighted by molar-refractivity contribution is 0.506. The molecule has 5 heteroatoms. The van der Waals surface area contributed by atoms with E-state index < -0.39 is 5.82 Å². The molecule has 3 rings (SSSR count). The van der Waals surface area contributed by atoms with Crippen molar-refractivity contribution in [2.24, 2.45) is 4.99 Å². The number of nitriles is 1. The van der Waals surface area contributed by atoms with Crippen molar-refractivity contribution in [1.29, 1.82) is 5.26 Å². The molecule has 0 radical (unpaired) electrons. The zero-order valence-corrected chi connectivity index (χ0v) is 18.3. The molecule has 0 amide bonds. The van der Waals surface area contributed by atoms with E-state index in [1.165, 1.54) is 6.07 Å². The summed E-state index contributed by atoms with van der Waals surface area (Å²) in [6.45, 7) is 9.70. The minimum absolute atomic E-state index is 0.00447. The highest BCUT2D eigenvalue weighted by molar-refractivity contribution is 5.90. The van der Waals surface area contributed by atoms with Crippen molar-refractivity contribution in [1.82, 2.24) is 9.88 Å². The second-order valence-electron chi connectivity index (χ2n) is 7.17. The highest BCUT2D eigenvalue weighted by atomic mass is 19.1. The fourth-order valence-corrected chi connectivity index (χ4v) is 3.77. The summed E-state index contributed by atoms with van der Waals surface area (Å²) in [6.07, 6.45) is 12.2. The van der Waals surface area contributed by atoms with Crippen LogP contribution in [0.2, 0.25) is 0 Å². The first-order valence-electron chi connectivity index (χ1n) is 10.3. The normalized spacial score (nSPS) is 14.2. The molecule has 0 atom stereocenters. The molecule has 0 saturated heterocycles. The number of pyridine rings is 1. The van der Waals surface area contributed by atoms with Gasteiger partial charge in [0, 0.05) is 36.3 Å². The summed E-state index contributed by atoms with van der Waals surface area (Å²) >= 11 is 0. The van der Waals surface area contributed by atoms with Crippen LogP contribution in [0.4, 0.5) is 4.39 Å². The lowest BCUT2D eigenvalue weighted by Crippen LogP contribution is -2.21. The van der Waals surface area contributed by atoms with Gasteiger partial charge in [0.05, 0.1) is 23.2 Å². The summed E-state index contributed by atoms with van der Waals surface area (Å²) in [7, 11) is 1.96. The summed E-state index contributed by atoms with van der Waals surface area (Å²) in [6, 6.07) is 10.6. The van der Waals surface area contributed by atoms with Crippen LogP contribution in [0.25, 0.3) is 11.1 Å². The van der Waals surface area contributed by atoms with E-state index in [1.807, 2.05) is 37.1 Å². The number of aromatic nitrogens is 1. The highest BCUT2D eigenvalue weighted by Crippen LogP contribution is 2.36. The third kappa shape index (κ3) is 4.50. The third-order valence-corrected chi connectivity index (χ3v) is 5.40. The molecule has 0 saturated carbocycles. The van der Waals surface area contributed by atoms with Crippen molar-refractivity contribution in [3.8, 4) is 6.07 Å². The van der Waals surface area contributed by atoms with E-state index in [4.69, 9.17) is 0 Å². The van der Waals surface area contributed by atoms with Gasteiger partial charge in [-0.15, -0.1) is 0 Å². The molecule has 1 aromatic heterocycles. The van der Waals surface area contributed by atoms with Gasteiger partial charge in [-0.1, -0.05) is 37.4 Å². The average molecular weight is 425 g/mol. The van der Waals surface area contributed by atoms with Crippen LogP contribution in [0.1, 0.15) is 35.7 Å². The van der Waals surface area contributed by atoms with Gasteiger partial charge in [0.25, 0.3) is 0 Å². The maximum absolute atomic E-state index is 14.3. The molecule has 0 aliphatic heterocycles.